The van der Waals surface area contributed by atoms with E-state index in [0.29, 0.717) is 30.3 Å². The topological polar surface area (TPSA) is 63.5 Å². The fourth-order valence-corrected chi connectivity index (χ4v) is 3.75. The molecule has 0 aliphatic carbocycles. The average molecular weight is 371 g/mol. The first-order chi connectivity index (χ1) is 12.7. The summed E-state index contributed by atoms with van der Waals surface area (Å²) < 4.78 is 16.6. The van der Waals surface area contributed by atoms with Gasteiger partial charge in [-0.1, -0.05) is 17.7 Å². The van der Waals surface area contributed by atoms with Crippen molar-refractivity contribution in [2.24, 2.45) is 0 Å². The van der Waals surface area contributed by atoms with E-state index >= 15 is 0 Å². The molecule has 0 saturated carbocycles. The van der Waals surface area contributed by atoms with E-state index in [-0.39, 0.29) is 12.2 Å². The molecule has 0 radical (unpaired) electrons. The first-order valence-electron chi connectivity index (χ1n) is 8.62. The van der Waals surface area contributed by atoms with Crippen LogP contribution in [0.15, 0.2) is 36.4 Å². The Hall–Kier alpha value is -2.42. The molecular weight excluding hydrogens is 352 g/mol. The second-order valence-electron chi connectivity index (χ2n) is 6.62. The zero-order chi connectivity index (χ0) is 18.0. The molecular formula is C20H19ClN2O3. The molecule has 1 N–H and O–H groups in total. The molecule has 0 amide bonds. The van der Waals surface area contributed by atoms with Crippen molar-refractivity contribution < 1.29 is 14.2 Å². The summed E-state index contributed by atoms with van der Waals surface area (Å²) in [5.74, 6) is 1.57. The fraction of sp³-hybridized carbons (Fsp3) is 0.350. The van der Waals surface area contributed by atoms with Gasteiger partial charge < -0.3 is 19.5 Å². The van der Waals surface area contributed by atoms with Crippen LogP contribution in [0.4, 0.5) is 5.69 Å². The first kappa shape index (κ1) is 17.0. The third kappa shape index (κ3) is 3.18. The molecule has 2 aliphatic heterocycles. The number of hydrogen-bond acceptors (Lipinski definition) is 5. The lowest BCUT2D eigenvalue weighted by Gasteiger charge is -2.38. The van der Waals surface area contributed by atoms with Gasteiger partial charge in [0.25, 0.3) is 0 Å². The van der Waals surface area contributed by atoms with Crippen molar-refractivity contribution in [3.8, 4) is 17.6 Å². The Morgan fingerprint density at radius 3 is 2.69 bits per heavy atom. The second kappa shape index (κ2) is 7.06. The van der Waals surface area contributed by atoms with Crippen molar-refractivity contribution in [1.29, 1.82) is 5.26 Å². The minimum absolute atomic E-state index is 0.103. The molecule has 2 heterocycles. The number of hydrogen-bond donors (Lipinski definition) is 1. The predicted octanol–water partition coefficient (Wildman–Crippen LogP) is 4.10. The van der Waals surface area contributed by atoms with Gasteiger partial charge in [-0.2, -0.15) is 5.26 Å². The highest BCUT2D eigenvalue weighted by atomic mass is 35.5. The number of nitrogens with one attached hydrogen (secondary N) is 1. The number of halogens is 1. The minimum atomic E-state index is -0.103. The van der Waals surface area contributed by atoms with Gasteiger partial charge in [-0.3, -0.25) is 0 Å². The van der Waals surface area contributed by atoms with Crippen LogP contribution >= 0.6 is 11.6 Å². The van der Waals surface area contributed by atoms with Crippen LogP contribution in [-0.2, 0) is 10.2 Å². The molecule has 0 spiro atoms. The van der Waals surface area contributed by atoms with E-state index in [4.69, 9.17) is 25.8 Å². The van der Waals surface area contributed by atoms with Crippen LogP contribution in [0.5, 0.6) is 11.5 Å². The van der Waals surface area contributed by atoms with Crippen LogP contribution in [0.1, 0.15) is 24.0 Å². The van der Waals surface area contributed by atoms with E-state index in [0.717, 1.165) is 30.0 Å². The SMILES string of the molecule is N#Cc1ccc(Cl)cc1NCC1(c2ccc3c(c2)OCO3)CCOCC1. The molecule has 4 rings (SSSR count). The van der Waals surface area contributed by atoms with Crippen LogP contribution in [0.2, 0.25) is 5.02 Å². The van der Waals surface area contributed by atoms with Crippen molar-refractivity contribution >= 4 is 17.3 Å². The summed E-state index contributed by atoms with van der Waals surface area (Å²) in [6.07, 6.45) is 1.78. The summed E-state index contributed by atoms with van der Waals surface area (Å²) in [6, 6.07) is 13.6. The lowest BCUT2D eigenvalue weighted by molar-refractivity contribution is 0.0543. The number of fused-ring (bicyclic) bond motifs is 1. The van der Waals surface area contributed by atoms with Crippen molar-refractivity contribution in [3.63, 3.8) is 0 Å². The fourth-order valence-electron chi connectivity index (χ4n) is 3.58. The van der Waals surface area contributed by atoms with Crippen LogP contribution in [0, 0.1) is 11.3 Å². The quantitative estimate of drug-likeness (QED) is 0.877. The minimum Gasteiger partial charge on any atom is -0.454 e. The zero-order valence-electron chi connectivity index (χ0n) is 14.3. The van der Waals surface area contributed by atoms with E-state index in [2.05, 4.69) is 23.5 Å². The van der Waals surface area contributed by atoms with Crippen LogP contribution in [0.3, 0.4) is 0 Å². The Balaban J connectivity index is 1.63. The summed E-state index contributed by atoms with van der Waals surface area (Å²) in [4.78, 5) is 0. The normalized spacial score (nSPS) is 17.5. The summed E-state index contributed by atoms with van der Waals surface area (Å²) in [5, 5.41) is 13.4. The summed E-state index contributed by atoms with van der Waals surface area (Å²) in [7, 11) is 0. The number of rotatable bonds is 4. The highest BCUT2D eigenvalue weighted by Gasteiger charge is 2.35. The molecule has 2 aliphatic rings. The zero-order valence-corrected chi connectivity index (χ0v) is 15.0. The van der Waals surface area contributed by atoms with E-state index in [1.807, 2.05) is 6.07 Å². The Kier molecular flexibility index (Phi) is 4.62. The van der Waals surface area contributed by atoms with Crippen molar-refractivity contribution in [1.82, 2.24) is 0 Å². The molecule has 5 nitrogen and oxygen atoms in total. The lowest BCUT2D eigenvalue weighted by atomic mass is 9.74. The first-order valence-corrected chi connectivity index (χ1v) is 8.99. The number of nitriles is 1. The van der Waals surface area contributed by atoms with Gasteiger partial charge in [-0.05, 0) is 48.7 Å². The van der Waals surface area contributed by atoms with Gasteiger partial charge in [0.1, 0.15) is 6.07 Å². The molecule has 134 valence electrons. The number of benzene rings is 2. The number of ether oxygens (including phenoxy) is 3. The van der Waals surface area contributed by atoms with Crippen LogP contribution in [0.25, 0.3) is 0 Å². The molecule has 0 atom stereocenters. The molecule has 0 bridgehead atoms. The molecule has 1 saturated heterocycles. The highest BCUT2D eigenvalue weighted by Crippen LogP contribution is 2.41. The van der Waals surface area contributed by atoms with Gasteiger partial charge in [0, 0.05) is 30.2 Å². The highest BCUT2D eigenvalue weighted by molar-refractivity contribution is 6.30. The van der Waals surface area contributed by atoms with Gasteiger partial charge in [0.05, 0.1) is 11.3 Å². The average Bonchev–Trinajstić information content (AvgIpc) is 3.15. The second-order valence-corrected chi connectivity index (χ2v) is 7.05. The van der Waals surface area contributed by atoms with Gasteiger partial charge in [-0.25, -0.2) is 0 Å². The van der Waals surface area contributed by atoms with E-state index in [1.165, 1.54) is 5.56 Å². The van der Waals surface area contributed by atoms with Gasteiger partial charge in [0.15, 0.2) is 11.5 Å². The maximum Gasteiger partial charge on any atom is 0.231 e. The third-order valence-electron chi connectivity index (χ3n) is 5.15. The molecule has 26 heavy (non-hydrogen) atoms. The standard InChI is InChI=1S/C20H19ClN2O3/c21-16-3-1-14(11-22)17(10-16)23-12-20(5-7-24-8-6-20)15-2-4-18-19(9-15)26-13-25-18/h1-4,9-10,23H,5-8,12-13H2. The van der Waals surface area contributed by atoms with Crippen LogP contribution in [-0.4, -0.2) is 26.6 Å². The Morgan fingerprint density at radius 2 is 1.88 bits per heavy atom. The molecule has 0 aromatic heterocycles. The number of anilines is 1. The largest absolute Gasteiger partial charge is 0.454 e. The summed E-state index contributed by atoms with van der Waals surface area (Å²) >= 11 is 6.11. The van der Waals surface area contributed by atoms with Gasteiger partial charge in [-0.15, -0.1) is 0 Å². The van der Waals surface area contributed by atoms with E-state index in [9.17, 15) is 5.26 Å². The van der Waals surface area contributed by atoms with Gasteiger partial charge >= 0.3 is 0 Å². The monoisotopic (exact) mass is 370 g/mol. The maximum atomic E-state index is 9.35. The predicted molar refractivity (Wildman–Crippen MR) is 99.0 cm³/mol. The molecule has 0 unspecified atom stereocenters. The van der Waals surface area contributed by atoms with Crippen LogP contribution < -0.4 is 14.8 Å². The Labute approximate surface area is 157 Å². The molecule has 2 aromatic rings. The van der Waals surface area contributed by atoms with E-state index < -0.39 is 0 Å². The lowest BCUT2D eigenvalue weighted by Crippen LogP contribution is -2.40. The summed E-state index contributed by atoms with van der Waals surface area (Å²) in [6.45, 7) is 2.36. The van der Waals surface area contributed by atoms with Crippen molar-refractivity contribution in [2.75, 3.05) is 31.9 Å². The molecule has 2 aromatic carbocycles. The smallest absolute Gasteiger partial charge is 0.231 e. The molecule has 6 heteroatoms. The maximum absolute atomic E-state index is 9.35. The van der Waals surface area contributed by atoms with Crippen molar-refractivity contribution in [2.45, 2.75) is 18.3 Å². The Morgan fingerprint density at radius 1 is 1.08 bits per heavy atom. The third-order valence-corrected chi connectivity index (χ3v) is 5.39. The van der Waals surface area contributed by atoms with Crippen molar-refractivity contribution in [3.05, 3.63) is 52.5 Å². The number of nitrogens with zero attached hydrogens (tertiary/aromatic N) is 1. The molecule has 1 fully saturated rings. The Bertz CT molecular complexity index is 857. The summed E-state index contributed by atoms with van der Waals surface area (Å²) in [5.41, 5.74) is 2.43. The van der Waals surface area contributed by atoms with E-state index in [1.54, 1.807) is 18.2 Å². The van der Waals surface area contributed by atoms with Gasteiger partial charge in [0.2, 0.25) is 6.79 Å².